The van der Waals surface area contributed by atoms with Gasteiger partial charge in [0.15, 0.2) is 0 Å². The molecule has 0 atom stereocenters. The van der Waals surface area contributed by atoms with E-state index in [1.165, 1.54) is 0 Å². The largest absolute Gasteiger partial charge is 0.478 e. The maximum atomic E-state index is 10.5. The molecule has 0 aromatic carbocycles. The second-order valence-electron chi connectivity index (χ2n) is 2.39. The maximum Gasteiger partial charge on any atom is 0.335 e. The van der Waals surface area contributed by atoms with Crippen LogP contribution in [0.15, 0.2) is 23.3 Å². The van der Waals surface area contributed by atoms with Crippen molar-refractivity contribution in [3.63, 3.8) is 0 Å². The molecule has 0 radical (unpaired) electrons. The van der Waals surface area contributed by atoms with Gasteiger partial charge in [-0.1, -0.05) is 18.6 Å². The summed E-state index contributed by atoms with van der Waals surface area (Å²) in [5.41, 5.74) is 1.45. The first kappa shape index (κ1) is 9.95. The SMILES string of the molecule is C/C=C(\C=C(\C)CC)C(=O)O. The number of rotatable bonds is 3. The fourth-order valence-electron chi connectivity index (χ4n) is 0.636. The quantitative estimate of drug-likeness (QED) is 0.500. The molecule has 0 aromatic rings. The van der Waals surface area contributed by atoms with E-state index in [2.05, 4.69) is 0 Å². The summed E-state index contributed by atoms with van der Waals surface area (Å²) in [4.78, 5) is 10.5. The summed E-state index contributed by atoms with van der Waals surface area (Å²) in [5.74, 6) is -0.861. The fraction of sp³-hybridized carbons (Fsp3) is 0.444. The summed E-state index contributed by atoms with van der Waals surface area (Å²) in [7, 11) is 0. The summed E-state index contributed by atoms with van der Waals surface area (Å²) in [6.45, 7) is 5.65. The van der Waals surface area contributed by atoms with Crippen molar-refractivity contribution in [2.45, 2.75) is 27.2 Å². The molecule has 0 aromatic heterocycles. The van der Waals surface area contributed by atoms with Crippen molar-refractivity contribution in [3.05, 3.63) is 23.3 Å². The topological polar surface area (TPSA) is 37.3 Å². The Morgan fingerprint density at radius 3 is 2.36 bits per heavy atom. The number of carboxylic acid groups (broad SMARTS) is 1. The predicted molar refractivity (Wildman–Crippen MR) is 45.4 cm³/mol. The van der Waals surface area contributed by atoms with Gasteiger partial charge in [-0.15, -0.1) is 0 Å². The average molecular weight is 154 g/mol. The molecular weight excluding hydrogens is 140 g/mol. The van der Waals surface area contributed by atoms with E-state index >= 15 is 0 Å². The highest BCUT2D eigenvalue weighted by Gasteiger charge is 2.00. The third kappa shape index (κ3) is 3.61. The smallest absolute Gasteiger partial charge is 0.335 e. The Kier molecular flexibility index (Phi) is 4.27. The minimum atomic E-state index is -0.861. The van der Waals surface area contributed by atoms with E-state index in [-0.39, 0.29) is 0 Å². The Bertz CT molecular complexity index is 200. The summed E-state index contributed by atoms with van der Waals surface area (Å²) in [6.07, 6.45) is 4.19. The lowest BCUT2D eigenvalue weighted by Gasteiger charge is -1.95. The van der Waals surface area contributed by atoms with Gasteiger partial charge in [0.2, 0.25) is 0 Å². The highest BCUT2D eigenvalue weighted by Crippen LogP contribution is 2.05. The molecule has 2 nitrogen and oxygen atoms in total. The van der Waals surface area contributed by atoms with Crippen LogP contribution >= 0.6 is 0 Å². The molecule has 0 bridgehead atoms. The Balaban J connectivity index is 4.45. The normalized spacial score (nSPS) is 13.4. The van der Waals surface area contributed by atoms with Crippen molar-refractivity contribution < 1.29 is 9.90 Å². The molecule has 0 fully saturated rings. The van der Waals surface area contributed by atoms with Crippen LogP contribution < -0.4 is 0 Å². The zero-order valence-electron chi connectivity index (χ0n) is 7.22. The summed E-state index contributed by atoms with van der Waals surface area (Å²) >= 11 is 0. The Morgan fingerprint density at radius 1 is 1.55 bits per heavy atom. The zero-order valence-corrected chi connectivity index (χ0v) is 7.22. The average Bonchev–Trinajstić information content (AvgIpc) is 1.99. The fourth-order valence-corrected chi connectivity index (χ4v) is 0.636. The van der Waals surface area contributed by atoms with Gasteiger partial charge in [0.05, 0.1) is 5.57 Å². The molecule has 0 aliphatic heterocycles. The molecule has 2 heteroatoms. The lowest BCUT2D eigenvalue weighted by molar-refractivity contribution is -0.132. The first-order chi connectivity index (χ1) is 5.11. The number of aliphatic carboxylic acids is 1. The third-order valence-electron chi connectivity index (χ3n) is 1.52. The van der Waals surface area contributed by atoms with Crippen molar-refractivity contribution >= 4 is 5.97 Å². The molecular formula is C9H14O2. The van der Waals surface area contributed by atoms with Gasteiger partial charge in [0.1, 0.15) is 0 Å². The first-order valence-electron chi connectivity index (χ1n) is 3.68. The van der Waals surface area contributed by atoms with Gasteiger partial charge in [-0.2, -0.15) is 0 Å². The van der Waals surface area contributed by atoms with Crippen molar-refractivity contribution in [2.75, 3.05) is 0 Å². The Hall–Kier alpha value is -1.05. The number of hydrogen-bond acceptors (Lipinski definition) is 1. The predicted octanol–water partition coefficient (Wildman–Crippen LogP) is 2.37. The molecule has 0 aliphatic rings. The second kappa shape index (κ2) is 4.72. The molecule has 0 heterocycles. The highest BCUT2D eigenvalue weighted by molar-refractivity contribution is 5.89. The molecule has 0 unspecified atom stereocenters. The molecule has 0 rings (SSSR count). The zero-order chi connectivity index (χ0) is 8.85. The van der Waals surface area contributed by atoms with Crippen LogP contribution in [0.4, 0.5) is 0 Å². The Morgan fingerprint density at radius 2 is 2.09 bits per heavy atom. The summed E-state index contributed by atoms with van der Waals surface area (Å²) in [5, 5.41) is 8.60. The van der Waals surface area contributed by atoms with Crippen LogP contribution in [0.1, 0.15) is 27.2 Å². The maximum absolute atomic E-state index is 10.5. The second-order valence-corrected chi connectivity index (χ2v) is 2.39. The van der Waals surface area contributed by atoms with E-state index in [1.807, 2.05) is 13.8 Å². The molecule has 0 spiro atoms. The van der Waals surface area contributed by atoms with Gasteiger partial charge >= 0.3 is 5.97 Å². The van der Waals surface area contributed by atoms with E-state index in [4.69, 9.17) is 5.11 Å². The van der Waals surface area contributed by atoms with Crippen LogP contribution in [0.2, 0.25) is 0 Å². The van der Waals surface area contributed by atoms with Crippen LogP contribution in [0.3, 0.4) is 0 Å². The minimum Gasteiger partial charge on any atom is -0.478 e. The van der Waals surface area contributed by atoms with Gasteiger partial charge in [-0.25, -0.2) is 4.79 Å². The lowest BCUT2D eigenvalue weighted by Crippen LogP contribution is -1.97. The van der Waals surface area contributed by atoms with E-state index in [0.717, 1.165) is 12.0 Å². The summed E-state index contributed by atoms with van der Waals surface area (Å²) in [6, 6.07) is 0. The molecule has 11 heavy (non-hydrogen) atoms. The lowest BCUT2D eigenvalue weighted by atomic mass is 10.1. The van der Waals surface area contributed by atoms with Crippen molar-refractivity contribution in [1.82, 2.24) is 0 Å². The van der Waals surface area contributed by atoms with E-state index in [0.29, 0.717) is 5.57 Å². The van der Waals surface area contributed by atoms with Crippen LogP contribution in [0.25, 0.3) is 0 Å². The van der Waals surface area contributed by atoms with Crippen LogP contribution in [-0.4, -0.2) is 11.1 Å². The number of hydrogen-bond donors (Lipinski definition) is 1. The van der Waals surface area contributed by atoms with Crippen molar-refractivity contribution in [2.24, 2.45) is 0 Å². The van der Waals surface area contributed by atoms with Crippen molar-refractivity contribution in [3.8, 4) is 0 Å². The van der Waals surface area contributed by atoms with Crippen LogP contribution in [0.5, 0.6) is 0 Å². The van der Waals surface area contributed by atoms with Gasteiger partial charge in [-0.3, -0.25) is 0 Å². The van der Waals surface area contributed by atoms with E-state index in [9.17, 15) is 4.79 Å². The number of carbonyl (C=O) groups is 1. The van der Waals surface area contributed by atoms with Crippen molar-refractivity contribution in [1.29, 1.82) is 0 Å². The summed E-state index contributed by atoms with van der Waals surface area (Å²) < 4.78 is 0. The minimum absolute atomic E-state index is 0.365. The molecule has 0 amide bonds. The van der Waals surface area contributed by atoms with Gasteiger partial charge in [-0.05, 0) is 26.3 Å². The molecule has 0 saturated carbocycles. The molecule has 0 saturated heterocycles. The van der Waals surface area contributed by atoms with Gasteiger partial charge < -0.3 is 5.11 Å². The number of allylic oxidation sites excluding steroid dienone is 2. The standard InChI is InChI=1S/C9H14O2/c1-4-7(3)6-8(5-2)9(10)11/h5-6H,4H2,1-3H3,(H,10,11)/b7-6-,8-5+. The van der Waals surface area contributed by atoms with Gasteiger partial charge in [0, 0.05) is 0 Å². The molecule has 0 aliphatic carbocycles. The number of carboxylic acids is 1. The first-order valence-corrected chi connectivity index (χ1v) is 3.68. The molecule has 1 N–H and O–H groups in total. The van der Waals surface area contributed by atoms with Crippen LogP contribution in [-0.2, 0) is 4.79 Å². The third-order valence-corrected chi connectivity index (χ3v) is 1.52. The molecule has 62 valence electrons. The monoisotopic (exact) mass is 154 g/mol. The van der Waals surface area contributed by atoms with E-state index < -0.39 is 5.97 Å². The highest BCUT2D eigenvalue weighted by atomic mass is 16.4. The van der Waals surface area contributed by atoms with Gasteiger partial charge in [0.25, 0.3) is 0 Å². The Labute approximate surface area is 67.2 Å². The van der Waals surface area contributed by atoms with E-state index in [1.54, 1.807) is 19.1 Å². The van der Waals surface area contributed by atoms with Crippen LogP contribution in [0, 0.1) is 0 Å².